The van der Waals surface area contributed by atoms with Gasteiger partial charge in [0.15, 0.2) is 16.7 Å². The molecule has 116 valence electrons. The fourth-order valence-electron chi connectivity index (χ4n) is 1.97. The molecule has 3 nitrogen and oxygen atoms in total. The average Bonchev–Trinajstić information content (AvgIpc) is 2.46. The van der Waals surface area contributed by atoms with E-state index >= 15 is 0 Å². The average molecular weight is 383 g/mol. The first-order valence-electron chi connectivity index (χ1n) is 6.66. The van der Waals surface area contributed by atoms with E-state index in [2.05, 4.69) is 26.6 Å². The maximum Gasteiger partial charge on any atom is 0.171 e. The first-order chi connectivity index (χ1) is 10.5. The predicted molar refractivity (Wildman–Crippen MR) is 94.9 cm³/mol. The van der Waals surface area contributed by atoms with Crippen LogP contribution in [-0.2, 0) is 0 Å². The van der Waals surface area contributed by atoms with Gasteiger partial charge in [0.2, 0.25) is 0 Å². The van der Waals surface area contributed by atoms with Crippen LogP contribution in [0.4, 0.5) is 10.1 Å². The zero-order valence-corrected chi connectivity index (χ0v) is 14.6. The Morgan fingerprint density at radius 2 is 2.05 bits per heavy atom. The van der Waals surface area contributed by atoms with Crippen LogP contribution in [0.1, 0.15) is 18.5 Å². The minimum absolute atomic E-state index is 0.132. The van der Waals surface area contributed by atoms with E-state index in [1.54, 1.807) is 12.1 Å². The number of halogens is 2. The third kappa shape index (κ3) is 4.42. The van der Waals surface area contributed by atoms with E-state index in [-0.39, 0.29) is 17.6 Å². The number of hydrogen-bond donors (Lipinski definition) is 2. The third-order valence-electron chi connectivity index (χ3n) is 3.11. The Kier molecular flexibility index (Phi) is 5.74. The molecule has 0 aliphatic rings. The molecule has 0 radical (unpaired) electrons. The van der Waals surface area contributed by atoms with Gasteiger partial charge in [0, 0.05) is 10.2 Å². The van der Waals surface area contributed by atoms with Gasteiger partial charge in [-0.1, -0.05) is 28.1 Å². The van der Waals surface area contributed by atoms with Crippen LogP contribution in [0.2, 0.25) is 0 Å². The fraction of sp³-hybridized carbons (Fsp3) is 0.188. The molecule has 0 aliphatic carbocycles. The monoisotopic (exact) mass is 382 g/mol. The van der Waals surface area contributed by atoms with Crippen LogP contribution >= 0.6 is 28.1 Å². The largest absolute Gasteiger partial charge is 0.494 e. The summed E-state index contributed by atoms with van der Waals surface area (Å²) in [4.78, 5) is 0. The van der Waals surface area contributed by atoms with Crippen LogP contribution in [-0.4, -0.2) is 12.2 Å². The smallest absolute Gasteiger partial charge is 0.171 e. The lowest BCUT2D eigenvalue weighted by atomic mass is 10.1. The Labute approximate surface area is 143 Å². The van der Waals surface area contributed by atoms with Gasteiger partial charge < -0.3 is 15.4 Å². The summed E-state index contributed by atoms with van der Waals surface area (Å²) in [6.07, 6.45) is 0. The Morgan fingerprint density at radius 1 is 1.27 bits per heavy atom. The Balaban J connectivity index is 2.00. The van der Waals surface area contributed by atoms with Crippen LogP contribution < -0.4 is 15.4 Å². The van der Waals surface area contributed by atoms with Gasteiger partial charge in [-0.2, -0.15) is 0 Å². The molecule has 22 heavy (non-hydrogen) atoms. The quantitative estimate of drug-likeness (QED) is 0.754. The van der Waals surface area contributed by atoms with Crippen molar-refractivity contribution >= 4 is 38.9 Å². The molecule has 1 atom stereocenters. The van der Waals surface area contributed by atoms with Crippen molar-refractivity contribution in [2.75, 3.05) is 12.4 Å². The molecule has 0 fully saturated rings. The van der Waals surface area contributed by atoms with E-state index in [9.17, 15) is 4.39 Å². The summed E-state index contributed by atoms with van der Waals surface area (Å²) in [5.74, 6) is -0.162. The maximum atomic E-state index is 13.7. The van der Waals surface area contributed by atoms with E-state index in [0.717, 1.165) is 15.7 Å². The highest BCUT2D eigenvalue weighted by atomic mass is 79.9. The van der Waals surface area contributed by atoms with Crippen molar-refractivity contribution in [3.63, 3.8) is 0 Å². The highest BCUT2D eigenvalue weighted by molar-refractivity contribution is 9.10. The SMILES string of the molecule is COc1ccc([C@@H](C)NC(=S)Nc2cccc(Br)c2)cc1F. The van der Waals surface area contributed by atoms with Gasteiger partial charge in [0.25, 0.3) is 0 Å². The number of ether oxygens (including phenoxy) is 1. The first kappa shape index (κ1) is 16.7. The molecular formula is C16H16BrFN2OS. The van der Waals surface area contributed by atoms with Gasteiger partial charge in [-0.05, 0) is 55.0 Å². The molecule has 0 aromatic heterocycles. The maximum absolute atomic E-state index is 13.7. The molecule has 6 heteroatoms. The van der Waals surface area contributed by atoms with Crippen molar-refractivity contribution in [1.29, 1.82) is 0 Å². The lowest BCUT2D eigenvalue weighted by Gasteiger charge is -2.18. The summed E-state index contributed by atoms with van der Waals surface area (Å²) in [7, 11) is 1.44. The summed E-state index contributed by atoms with van der Waals surface area (Å²) in [6.45, 7) is 1.91. The molecule has 0 saturated heterocycles. The second-order valence-electron chi connectivity index (χ2n) is 4.72. The third-order valence-corrected chi connectivity index (χ3v) is 3.82. The normalized spacial score (nSPS) is 11.6. The highest BCUT2D eigenvalue weighted by Gasteiger charge is 2.10. The van der Waals surface area contributed by atoms with Crippen LogP contribution in [0, 0.1) is 5.82 Å². The van der Waals surface area contributed by atoms with E-state index in [1.165, 1.54) is 13.2 Å². The summed E-state index contributed by atoms with van der Waals surface area (Å²) >= 11 is 8.68. The van der Waals surface area contributed by atoms with Crippen molar-refractivity contribution in [3.05, 3.63) is 58.3 Å². The minimum atomic E-state index is -0.389. The minimum Gasteiger partial charge on any atom is -0.494 e. The summed E-state index contributed by atoms with van der Waals surface area (Å²) in [5, 5.41) is 6.69. The van der Waals surface area contributed by atoms with E-state index in [4.69, 9.17) is 17.0 Å². The van der Waals surface area contributed by atoms with Crippen molar-refractivity contribution in [3.8, 4) is 5.75 Å². The molecule has 2 aromatic carbocycles. The summed E-state index contributed by atoms with van der Waals surface area (Å²) in [5.41, 5.74) is 1.66. The highest BCUT2D eigenvalue weighted by Crippen LogP contribution is 2.22. The number of nitrogens with one attached hydrogen (secondary N) is 2. The number of benzene rings is 2. The number of thiocarbonyl (C=S) groups is 1. The topological polar surface area (TPSA) is 33.3 Å². The molecule has 0 aliphatic heterocycles. The Bertz CT molecular complexity index is 681. The van der Waals surface area contributed by atoms with Gasteiger partial charge in [-0.3, -0.25) is 0 Å². The standard InChI is InChI=1S/C16H16BrFN2OS/c1-10(11-6-7-15(21-2)14(18)8-11)19-16(22)20-13-5-3-4-12(17)9-13/h3-10H,1-2H3,(H2,19,20,22)/t10-/m1/s1. The van der Waals surface area contributed by atoms with E-state index < -0.39 is 0 Å². The lowest BCUT2D eigenvalue weighted by Crippen LogP contribution is -2.30. The number of hydrogen-bond acceptors (Lipinski definition) is 2. The van der Waals surface area contributed by atoms with E-state index in [0.29, 0.717) is 5.11 Å². The first-order valence-corrected chi connectivity index (χ1v) is 7.86. The Hall–Kier alpha value is -1.66. The number of methoxy groups -OCH3 is 1. The van der Waals surface area contributed by atoms with Gasteiger partial charge in [-0.25, -0.2) is 4.39 Å². The zero-order valence-electron chi connectivity index (χ0n) is 12.2. The van der Waals surface area contributed by atoms with Crippen molar-refractivity contribution in [2.45, 2.75) is 13.0 Å². The van der Waals surface area contributed by atoms with Crippen LogP contribution in [0.25, 0.3) is 0 Å². The zero-order chi connectivity index (χ0) is 16.1. The second-order valence-corrected chi connectivity index (χ2v) is 6.05. The predicted octanol–water partition coefficient (Wildman–Crippen LogP) is 4.64. The molecule has 0 unspecified atom stereocenters. The van der Waals surface area contributed by atoms with Gasteiger partial charge in [-0.15, -0.1) is 0 Å². The lowest BCUT2D eigenvalue weighted by molar-refractivity contribution is 0.386. The molecule has 0 heterocycles. The van der Waals surface area contributed by atoms with Gasteiger partial charge in [0.1, 0.15) is 0 Å². The van der Waals surface area contributed by atoms with Gasteiger partial charge >= 0.3 is 0 Å². The van der Waals surface area contributed by atoms with Crippen LogP contribution in [0.5, 0.6) is 5.75 Å². The molecule has 0 amide bonds. The molecule has 2 aromatic rings. The van der Waals surface area contributed by atoms with Crippen molar-refractivity contribution in [1.82, 2.24) is 5.32 Å². The van der Waals surface area contributed by atoms with E-state index in [1.807, 2.05) is 31.2 Å². The number of rotatable bonds is 4. The molecule has 0 spiro atoms. The number of anilines is 1. The van der Waals surface area contributed by atoms with Crippen LogP contribution in [0.3, 0.4) is 0 Å². The summed E-state index contributed by atoms with van der Waals surface area (Å²) < 4.78 is 19.6. The van der Waals surface area contributed by atoms with Crippen molar-refractivity contribution in [2.24, 2.45) is 0 Å². The molecule has 2 rings (SSSR count). The summed E-state index contributed by atoms with van der Waals surface area (Å²) in [6, 6.07) is 12.4. The van der Waals surface area contributed by atoms with Crippen molar-refractivity contribution < 1.29 is 9.13 Å². The second kappa shape index (κ2) is 7.56. The molecular weight excluding hydrogens is 367 g/mol. The fourth-order valence-corrected chi connectivity index (χ4v) is 2.66. The molecule has 0 saturated carbocycles. The molecule has 0 bridgehead atoms. The van der Waals surface area contributed by atoms with Crippen LogP contribution in [0.15, 0.2) is 46.9 Å². The Morgan fingerprint density at radius 3 is 2.68 bits per heavy atom. The molecule has 2 N–H and O–H groups in total. The van der Waals surface area contributed by atoms with Gasteiger partial charge in [0.05, 0.1) is 13.2 Å².